The maximum absolute atomic E-state index is 12.9. The van der Waals surface area contributed by atoms with Crippen LogP contribution in [0.4, 0.5) is 0 Å². The molecule has 1 heterocycles. The van der Waals surface area contributed by atoms with Crippen molar-refractivity contribution in [2.24, 2.45) is 0 Å². The maximum Gasteiger partial charge on any atom is 0.208 e. The van der Waals surface area contributed by atoms with Gasteiger partial charge in [-0.3, -0.25) is 0 Å². The van der Waals surface area contributed by atoms with Crippen molar-refractivity contribution in [3.05, 3.63) is 67.0 Å². The van der Waals surface area contributed by atoms with Crippen LogP contribution in [0.5, 0.6) is 11.5 Å². The van der Waals surface area contributed by atoms with E-state index in [2.05, 4.69) is 0 Å². The molecule has 6 heteroatoms. The topological polar surface area (TPSA) is 68.5 Å². The molecule has 0 aliphatic carbocycles. The molecule has 0 bridgehead atoms. The summed E-state index contributed by atoms with van der Waals surface area (Å²) in [5.41, 5.74) is 0.549. The highest BCUT2D eigenvalue weighted by atomic mass is 32.2. The first-order chi connectivity index (χ1) is 11.0. The van der Waals surface area contributed by atoms with Crippen LogP contribution in [0.3, 0.4) is 0 Å². The molecule has 1 aromatic heterocycles. The third-order valence-electron chi connectivity index (χ3n) is 3.50. The third kappa shape index (κ3) is 2.68. The van der Waals surface area contributed by atoms with Crippen molar-refractivity contribution in [3.8, 4) is 17.2 Å². The molecule has 3 rings (SSSR count). The molecule has 0 atom stereocenters. The monoisotopic (exact) mass is 329 g/mol. The van der Waals surface area contributed by atoms with Gasteiger partial charge in [-0.2, -0.15) is 0 Å². The van der Waals surface area contributed by atoms with Crippen molar-refractivity contribution in [2.45, 2.75) is 9.79 Å². The van der Waals surface area contributed by atoms with E-state index < -0.39 is 9.84 Å². The van der Waals surface area contributed by atoms with Crippen molar-refractivity contribution in [2.75, 3.05) is 7.11 Å². The van der Waals surface area contributed by atoms with Gasteiger partial charge in [0.2, 0.25) is 9.84 Å². The highest BCUT2D eigenvalue weighted by molar-refractivity contribution is 7.91. The lowest BCUT2D eigenvalue weighted by molar-refractivity contribution is 0.372. The van der Waals surface area contributed by atoms with E-state index in [9.17, 15) is 13.5 Å². The van der Waals surface area contributed by atoms with Crippen molar-refractivity contribution in [3.63, 3.8) is 0 Å². The number of aromatic nitrogens is 1. The first-order valence-corrected chi connectivity index (χ1v) is 8.37. The van der Waals surface area contributed by atoms with Gasteiger partial charge in [-0.15, -0.1) is 0 Å². The van der Waals surface area contributed by atoms with Crippen molar-refractivity contribution >= 4 is 9.84 Å². The fourth-order valence-electron chi connectivity index (χ4n) is 2.36. The number of ether oxygens (including phenoxy) is 1. The van der Waals surface area contributed by atoms with Gasteiger partial charge in [0.1, 0.15) is 0 Å². The predicted molar refractivity (Wildman–Crippen MR) is 85.9 cm³/mol. The Bertz CT molecular complexity index is 931. The molecule has 5 nitrogen and oxygen atoms in total. The molecule has 0 amide bonds. The van der Waals surface area contributed by atoms with E-state index in [1.807, 2.05) is 12.1 Å². The summed E-state index contributed by atoms with van der Waals surface area (Å²) in [5.74, 6) is 0.00895. The second-order valence-electron chi connectivity index (χ2n) is 4.90. The molecule has 0 aliphatic rings. The number of rotatable bonds is 4. The third-order valence-corrected chi connectivity index (χ3v) is 5.30. The number of benzene rings is 2. The van der Waals surface area contributed by atoms with Gasteiger partial charge in [0, 0.05) is 18.5 Å². The molecule has 0 unspecified atom stereocenters. The van der Waals surface area contributed by atoms with Gasteiger partial charge < -0.3 is 14.4 Å². The maximum atomic E-state index is 12.9. The molecular formula is C17H15NO4S. The Morgan fingerprint density at radius 1 is 1.00 bits per heavy atom. The molecule has 23 heavy (non-hydrogen) atoms. The van der Waals surface area contributed by atoms with Gasteiger partial charge in [0.05, 0.1) is 22.6 Å². The number of aromatic hydroxyl groups is 1. The van der Waals surface area contributed by atoms with Crippen LogP contribution in [0, 0.1) is 0 Å². The van der Waals surface area contributed by atoms with Gasteiger partial charge in [0.25, 0.3) is 0 Å². The highest BCUT2D eigenvalue weighted by Gasteiger charge is 2.23. The molecule has 0 saturated carbocycles. The average molecular weight is 329 g/mol. The fraction of sp³-hybridized carbons (Fsp3) is 0.0588. The van der Waals surface area contributed by atoms with Crippen molar-refractivity contribution in [1.29, 1.82) is 0 Å². The van der Waals surface area contributed by atoms with Crippen LogP contribution in [0.25, 0.3) is 5.69 Å². The van der Waals surface area contributed by atoms with E-state index in [0.29, 0.717) is 5.69 Å². The van der Waals surface area contributed by atoms with E-state index in [1.54, 1.807) is 41.2 Å². The quantitative estimate of drug-likeness (QED) is 0.799. The van der Waals surface area contributed by atoms with E-state index in [-0.39, 0.29) is 21.3 Å². The summed E-state index contributed by atoms with van der Waals surface area (Å²) in [7, 11) is -2.37. The predicted octanol–water partition coefficient (Wildman–Crippen LogP) is 3.02. The lowest BCUT2D eigenvalue weighted by Gasteiger charge is -2.12. The minimum Gasteiger partial charge on any atom is -0.504 e. The number of sulfone groups is 1. The number of hydrogen-bond acceptors (Lipinski definition) is 4. The van der Waals surface area contributed by atoms with Gasteiger partial charge in [-0.05, 0) is 36.4 Å². The number of phenols is 1. The largest absolute Gasteiger partial charge is 0.504 e. The molecule has 0 radical (unpaired) electrons. The van der Waals surface area contributed by atoms with Crippen molar-refractivity contribution < 1.29 is 18.3 Å². The molecule has 3 aromatic rings. The smallest absolute Gasteiger partial charge is 0.208 e. The number of para-hydroxylation sites is 1. The zero-order valence-corrected chi connectivity index (χ0v) is 13.2. The Kier molecular flexibility index (Phi) is 3.83. The average Bonchev–Trinajstić information content (AvgIpc) is 3.09. The molecule has 0 saturated heterocycles. The van der Waals surface area contributed by atoms with Gasteiger partial charge in [0.15, 0.2) is 11.5 Å². The van der Waals surface area contributed by atoms with Crippen LogP contribution >= 0.6 is 0 Å². The summed E-state index contributed by atoms with van der Waals surface area (Å²) < 4.78 is 32.6. The van der Waals surface area contributed by atoms with Crippen molar-refractivity contribution in [1.82, 2.24) is 4.57 Å². The molecule has 1 N–H and O–H groups in total. The van der Waals surface area contributed by atoms with E-state index >= 15 is 0 Å². The van der Waals surface area contributed by atoms with Crippen LogP contribution in [0.15, 0.2) is 76.8 Å². The Hall–Kier alpha value is -2.73. The number of methoxy groups -OCH3 is 1. The Morgan fingerprint density at radius 2 is 1.70 bits per heavy atom. The first-order valence-electron chi connectivity index (χ1n) is 6.88. The minimum absolute atomic E-state index is 0.00964. The molecule has 2 aromatic carbocycles. The summed E-state index contributed by atoms with van der Waals surface area (Å²) in [5, 5.41) is 9.86. The van der Waals surface area contributed by atoms with E-state index in [0.717, 1.165) is 0 Å². The van der Waals surface area contributed by atoms with Crippen LogP contribution in [-0.4, -0.2) is 25.2 Å². The molecule has 0 fully saturated rings. The standard InChI is InChI=1S/C17H15NO4S/c1-22-16-9-8-13(12-15(16)19)23(20,21)17-7-3-2-6-14(17)18-10-4-5-11-18/h2-12,19H,1H3. The highest BCUT2D eigenvalue weighted by Crippen LogP contribution is 2.32. The van der Waals surface area contributed by atoms with Gasteiger partial charge in [-0.1, -0.05) is 12.1 Å². The molecule has 118 valence electrons. The second-order valence-corrected chi connectivity index (χ2v) is 6.81. The second kappa shape index (κ2) is 5.81. The van der Waals surface area contributed by atoms with Crippen LogP contribution in [-0.2, 0) is 9.84 Å². The number of hydrogen-bond donors (Lipinski definition) is 1. The normalized spacial score (nSPS) is 11.3. The SMILES string of the molecule is COc1ccc(S(=O)(=O)c2ccccc2-n2cccc2)cc1O. The Labute approximate surface area is 134 Å². The zero-order chi connectivity index (χ0) is 16.4. The lowest BCUT2D eigenvalue weighted by Crippen LogP contribution is -2.07. The summed E-state index contributed by atoms with van der Waals surface area (Å²) in [6, 6.07) is 14.4. The molecule has 0 spiro atoms. The zero-order valence-electron chi connectivity index (χ0n) is 12.4. The van der Waals surface area contributed by atoms with Gasteiger partial charge in [-0.25, -0.2) is 8.42 Å². The minimum atomic E-state index is -3.78. The van der Waals surface area contributed by atoms with Crippen LogP contribution in [0.2, 0.25) is 0 Å². The summed E-state index contributed by atoms with van der Waals surface area (Å²) >= 11 is 0. The fourth-order valence-corrected chi connectivity index (χ4v) is 3.83. The Balaban J connectivity index is 2.16. The Morgan fingerprint density at radius 3 is 2.35 bits per heavy atom. The van der Waals surface area contributed by atoms with E-state index in [4.69, 9.17) is 4.74 Å². The summed E-state index contributed by atoms with van der Waals surface area (Å²) in [4.78, 5) is 0.177. The van der Waals surface area contributed by atoms with Crippen LogP contribution in [0.1, 0.15) is 0 Å². The number of phenolic OH excluding ortho intramolecular Hbond substituents is 1. The summed E-state index contributed by atoms with van der Waals surface area (Å²) in [6.45, 7) is 0. The first kappa shape index (κ1) is 15.2. The van der Waals surface area contributed by atoms with Crippen LogP contribution < -0.4 is 4.74 Å². The number of nitrogens with zero attached hydrogens (tertiary/aromatic N) is 1. The lowest BCUT2D eigenvalue weighted by atomic mass is 10.3. The molecular weight excluding hydrogens is 314 g/mol. The molecule has 0 aliphatic heterocycles. The van der Waals surface area contributed by atoms with Gasteiger partial charge >= 0.3 is 0 Å². The summed E-state index contributed by atoms with van der Waals surface area (Å²) in [6.07, 6.45) is 3.56. The van der Waals surface area contributed by atoms with E-state index in [1.165, 1.54) is 25.3 Å².